The van der Waals surface area contributed by atoms with Gasteiger partial charge in [-0.15, -0.1) is 0 Å². The van der Waals surface area contributed by atoms with Gasteiger partial charge in [-0.2, -0.15) is 4.31 Å². The Morgan fingerprint density at radius 2 is 2.03 bits per heavy atom. The Morgan fingerprint density at radius 1 is 1.23 bits per heavy atom. The van der Waals surface area contributed by atoms with Gasteiger partial charge in [0.1, 0.15) is 12.0 Å². The molecular weight excluding hydrogens is 422 g/mol. The third kappa shape index (κ3) is 6.49. The fraction of sp³-hybridized carbons (Fsp3) is 0.474. The number of aromatic nitrogens is 2. The first kappa shape index (κ1) is 22.7. The van der Waals surface area contributed by atoms with Crippen LogP contribution in [0.25, 0.3) is 0 Å². The molecule has 0 spiro atoms. The third-order valence-corrected chi connectivity index (χ3v) is 6.48. The second-order valence-corrected chi connectivity index (χ2v) is 8.84. The molecule has 0 radical (unpaired) electrons. The van der Waals surface area contributed by atoms with Crippen molar-refractivity contribution < 1.29 is 17.7 Å². The average Bonchev–Trinajstić information content (AvgIpc) is 3.29. The minimum Gasteiger partial charge on any atom is -0.364 e. The van der Waals surface area contributed by atoms with E-state index in [4.69, 9.17) is 4.52 Å². The van der Waals surface area contributed by atoms with Gasteiger partial charge in [0.05, 0.1) is 17.8 Å². The number of nitrogens with one attached hydrogen (secondary N) is 2. The Morgan fingerprint density at radius 3 is 2.68 bits per heavy atom. The van der Waals surface area contributed by atoms with Crippen LogP contribution in [0.15, 0.2) is 46.4 Å². The van der Waals surface area contributed by atoms with Crippen LogP contribution >= 0.6 is 0 Å². The molecule has 1 aliphatic heterocycles. The first-order valence-corrected chi connectivity index (χ1v) is 11.7. The Hall–Kier alpha value is -2.99. The zero-order valence-corrected chi connectivity index (χ0v) is 18.2. The largest absolute Gasteiger partial charge is 0.364 e. The standard InChI is InChI=1S/C19H27N7O4S/c1-2-21-19(23-8-7-22-18(27)16-4-3-6-20-14-16)25-9-11-26(12-10-25)31(28,29)15-17-5-13-30-24-17/h3-6,13-14H,2,7-12,15H2,1H3,(H,21,23)(H,22,27). The number of nitrogens with zero attached hydrogens (tertiary/aromatic N) is 5. The quantitative estimate of drug-likeness (QED) is 0.325. The van der Waals surface area contributed by atoms with Crippen molar-refractivity contribution in [2.45, 2.75) is 12.7 Å². The topological polar surface area (TPSA) is 133 Å². The van der Waals surface area contributed by atoms with Crippen molar-refractivity contribution in [1.29, 1.82) is 0 Å². The van der Waals surface area contributed by atoms with Crippen molar-refractivity contribution in [1.82, 2.24) is 30.0 Å². The molecule has 3 rings (SSSR count). The van der Waals surface area contributed by atoms with Gasteiger partial charge in [-0.25, -0.2) is 8.42 Å². The van der Waals surface area contributed by atoms with Crippen LogP contribution in [0.5, 0.6) is 0 Å². The van der Waals surface area contributed by atoms with Crippen molar-refractivity contribution in [3.8, 4) is 0 Å². The lowest BCUT2D eigenvalue weighted by atomic mass is 10.3. The summed E-state index contributed by atoms with van der Waals surface area (Å²) in [4.78, 5) is 22.6. The van der Waals surface area contributed by atoms with E-state index in [1.807, 2.05) is 11.8 Å². The van der Waals surface area contributed by atoms with Gasteiger partial charge < -0.3 is 20.1 Å². The zero-order chi connectivity index (χ0) is 22.1. The molecule has 2 aromatic heterocycles. The van der Waals surface area contributed by atoms with Crippen LogP contribution in [0.4, 0.5) is 0 Å². The van der Waals surface area contributed by atoms with Crippen LogP contribution in [0.1, 0.15) is 23.0 Å². The number of pyridine rings is 1. The van der Waals surface area contributed by atoms with E-state index in [0.29, 0.717) is 63.0 Å². The summed E-state index contributed by atoms with van der Waals surface area (Å²) in [7, 11) is -3.45. The summed E-state index contributed by atoms with van der Waals surface area (Å²) in [5.41, 5.74) is 0.895. The summed E-state index contributed by atoms with van der Waals surface area (Å²) in [5.74, 6) is 0.333. The predicted octanol–water partition coefficient (Wildman–Crippen LogP) is -0.0875. The molecule has 2 N–H and O–H groups in total. The highest BCUT2D eigenvalue weighted by molar-refractivity contribution is 7.88. The minimum absolute atomic E-state index is 0.172. The van der Waals surface area contributed by atoms with Gasteiger partial charge in [0.2, 0.25) is 10.0 Å². The molecule has 2 aromatic rings. The van der Waals surface area contributed by atoms with Crippen LogP contribution in [-0.4, -0.2) is 85.4 Å². The summed E-state index contributed by atoms with van der Waals surface area (Å²) in [6, 6.07) is 4.96. The number of carbonyl (C=O) groups excluding carboxylic acids is 1. The fourth-order valence-electron chi connectivity index (χ4n) is 3.12. The molecule has 0 atom stereocenters. The zero-order valence-electron chi connectivity index (χ0n) is 17.4. The Kier molecular flexibility index (Phi) is 7.95. The summed E-state index contributed by atoms with van der Waals surface area (Å²) in [6.45, 7) is 5.21. The van der Waals surface area contributed by atoms with Gasteiger partial charge >= 0.3 is 0 Å². The van der Waals surface area contributed by atoms with Crippen molar-refractivity contribution in [2.75, 3.05) is 45.8 Å². The first-order chi connectivity index (χ1) is 15.0. The van der Waals surface area contributed by atoms with Crippen LogP contribution < -0.4 is 10.6 Å². The Labute approximate surface area is 181 Å². The van der Waals surface area contributed by atoms with E-state index in [-0.39, 0.29) is 11.7 Å². The highest BCUT2D eigenvalue weighted by Gasteiger charge is 2.28. The second kappa shape index (κ2) is 10.9. The molecule has 1 fully saturated rings. The number of piperazine rings is 1. The molecule has 1 aliphatic rings. The molecule has 168 valence electrons. The minimum atomic E-state index is -3.45. The number of carbonyl (C=O) groups is 1. The van der Waals surface area contributed by atoms with Gasteiger partial charge in [0.25, 0.3) is 5.91 Å². The molecule has 0 unspecified atom stereocenters. The highest BCUT2D eigenvalue weighted by Crippen LogP contribution is 2.13. The molecule has 11 nitrogen and oxygen atoms in total. The van der Waals surface area contributed by atoms with Crippen LogP contribution in [0.2, 0.25) is 0 Å². The number of rotatable bonds is 8. The molecule has 0 aromatic carbocycles. The number of amides is 1. The van der Waals surface area contributed by atoms with Crippen LogP contribution in [0, 0.1) is 0 Å². The maximum absolute atomic E-state index is 12.6. The maximum atomic E-state index is 12.6. The van der Waals surface area contributed by atoms with Crippen LogP contribution in [0.3, 0.4) is 0 Å². The first-order valence-electron chi connectivity index (χ1n) is 10.1. The van der Waals surface area contributed by atoms with Gasteiger partial charge in [0, 0.05) is 57.7 Å². The number of hydrogen-bond acceptors (Lipinski definition) is 7. The summed E-state index contributed by atoms with van der Waals surface area (Å²) in [5, 5.41) is 9.72. The van der Waals surface area contributed by atoms with E-state index in [1.165, 1.54) is 16.8 Å². The summed E-state index contributed by atoms with van der Waals surface area (Å²) >= 11 is 0. The molecule has 0 saturated carbocycles. The van der Waals surface area contributed by atoms with Crippen molar-refractivity contribution >= 4 is 21.9 Å². The van der Waals surface area contributed by atoms with Crippen LogP contribution in [-0.2, 0) is 15.8 Å². The van der Waals surface area contributed by atoms with Crippen molar-refractivity contribution in [2.24, 2.45) is 4.99 Å². The van der Waals surface area contributed by atoms with E-state index in [9.17, 15) is 13.2 Å². The van der Waals surface area contributed by atoms with E-state index in [0.717, 1.165) is 0 Å². The Bertz CT molecular complexity index is 956. The number of aliphatic imine (C=N–C) groups is 1. The molecule has 1 amide bonds. The lowest BCUT2D eigenvalue weighted by molar-refractivity contribution is 0.0954. The Balaban J connectivity index is 1.49. The molecule has 0 bridgehead atoms. The smallest absolute Gasteiger partial charge is 0.252 e. The van der Waals surface area contributed by atoms with Gasteiger partial charge in [-0.05, 0) is 19.1 Å². The fourth-order valence-corrected chi connectivity index (χ4v) is 4.55. The number of hydrogen-bond donors (Lipinski definition) is 2. The monoisotopic (exact) mass is 449 g/mol. The van der Waals surface area contributed by atoms with Gasteiger partial charge in [-0.3, -0.25) is 14.8 Å². The lowest BCUT2D eigenvalue weighted by Crippen LogP contribution is -2.54. The van der Waals surface area contributed by atoms with Gasteiger partial charge in [-0.1, -0.05) is 5.16 Å². The predicted molar refractivity (Wildman–Crippen MR) is 115 cm³/mol. The van der Waals surface area contributed by atoms with Crippen molar-refractivity contribution in [3.63, 3.8) is 0 Å². The third-order valence-electron chi connectivity index (χ3n) is 4.67. The molecule has 31 heavy (non-hydrogen) atoms. The summed E-state index contributed by atoms with van der Waals surface area (Å²) in [6.07, 6.45) is 4.49. The highest BCUT2D eigenvalue weighted by atomic mass is 32.2. The summed E-state index contributed by atoms with van der Waals surface area (Å²) < 4.78 is 31.3. The molecule has 12 heteroatoms. The average molecular weight is 450 g/mol. The molecule has 1 saturated heterocycles. The molecule has 0 aliphatic carbocycles. The normalized spacial score (nSPS) is 15.6. The lowest BCUT2D eigenvalue weighted by Gasteiger charge is -2.35. The molecule has 3 heterocycles. The molecular formula is C19H27N7O4S. The number of guanidine groups is 1. The SMILES string of the molecule is CCNC(=NCCNC(=O)c1cccnc1)N1CCN(S(=O)(=O)Cc2ccon2)CC1. The van der Waals surface area contributed by atoms with E-state index >= 15 is 0 Å². The maximum Gasteiger partial charge on any atom is 0.252 e. The van der Waals surface area contributed by atoms with E-state index in [1.54, 1.807) is 24.4 Å². The van der Waals surface area contributed by atoms with E-state index < -0.39 is 10.0 Å². The van der Waals surface area contributed by atoms with E-state index in [2.05, 4.69) is 25.8 Å². The van der Waals surface area contributed by atoms with Crippen molar-refractivity contribution in [3.05, 3.63) is 48.1 Å². The van der Waals surface area contributed by atoms with Gasteiger partial charge in [0.15, 0.2) is 5.96 Å². The number of sulfonamides is 1. The second-order valence-electron chi connectivity index (χ2n) is 6.87.